The smallest absolute Gasteiger partial charge is 0.257 e. The first-order chi connectivity index (χ1) is 11.0. The van der Waals surface area contributed by atoms with Crippen molar-refractivity contribution in [1.82, 2.24) is 14.7 Å². The predicted molar refractivity (Wildman–Crippen MR) is 88.5 cm³/mol. The highest BCUT2D eigenvalue weighted by atomic mass is 16.5. The van der Waals surface area contributed by atoms with Crippen LogP contribution in [0.15, 0.2) is 6.20 Å². The number of ether oxygens (including phenoxy) is 1. The zero-order valence-electron chi connectivity index (χ0n) is 14.7. The minimum atomic E-state index is -0.159. The molecule has 0 aromatic carbocycles. The molecule has 0 radical (unpaired) electrons. The second kappa shape index (κ2) is 7.93. The molecule has 1 N–H and O–H groups in total. The van der Waals surface area contributed by atoms with Gasteiger partial charge in [0, 0.05) is 26.0 Å². The summed E-state index contributed by atoms with van der Waals surface area (Å²) in [4.78, 5) is 14.4. The largest absolute Gasteiger partial charge is 0.394 e. The summed E-state index contributed by atoms with van der Waals surface area (Å²) >= 11 is 0. The highest BCUT2D eigenvalue weighted by Crippen LogP contribution is 2.24. The maximum Gasteiger partial charge on any atom is 0.257 e. The number of carbonyl (C=O) groups excluding carboxylic acids is 1. The van der Waals surface area contributed by atoms with E-state index >= 15 is 0 Å². The van der Waals surface area contributed by atoms with Crippen LogP contribution in [-0.4, -0.2) is 58.6 Å². The highest BCUT2D eigenvalue weighted by molar-refractivity contribution is 5.95. The van der Waals surface area contributed by atoms with Crippen LogP contribution in [-0.2, 0) is 4.74 Å². The van der Waals surface area contributed by atoms with Gasteiger partial charge in [-0.1, -0.05) is 13.8 Å². The topological polar surface area (TPSA) is 67.6 Å². The molecule has 1 aromatic rings. The van der Waals surface area contributed by atoms with Gasteiger partial charge in [0.05, 0.1) is 30.5 Å². The summed E-state index contributed by atoms with van der Waals surface area (Å²) in [5.74, 6) is 0.356. The molecule has 6 heteroatoms. The Morgan fingerprint density at radius 3 is 2.70 bits per heavy atom. The normalized spacial score (nSPS) is 17.5. The second-order valence-electron chi connectivity index (χ2n) is 6.81. The number of hydrogen-bond acceptors (Lipinski definition) is 4. The summed E-state index contributed by atoms with van der Waals surface area (Å²) < 4.78 is 7.35. The van der Waals surface area contributed by atoms with Crippen LogP contribution < -0.4 is 0 Å². The molecular formula is C17H29N3O3. The second-order valence-corrected chi connectivity index (χ2v) is 6.81. The molecule has 1 aliphatic heterocycles. The Hall–Kier alpha value is -1.40. The van der Waals surface area contributed by atoms with Gasteiger partial charge in [0.15, 0.2) is 0 Å². The van der Waals surface area contributed by atoms with Gasteiger partial charge in [0.1, 0.15) is 0 Å². The Balaban J connectivity index is 2.14. The van der Waals surface area contributed by atoms with Crippen molar-refractivity contribution in [3.63, 3.8) is 0 Å². The zero-order valence-corrected chi connectivity index (χ0v) is 14.7. The van der Waals surface area contributed by atoms with Crippen molar-refractivity contribution in [3.8, 4) is 0 Å². The van der Waals surface area contributed by atoms with Crippen molar-refractivity contribution >= 4 is 5.91 Å². The summed E-state index contributed by atoms with van der Waals surface area (Å²) in [5.41, 5.74) is 1.52. The number of likely N-dealkylation sites (N-methyl/N-ethyl adjacent to an activating group) is 1. The van der Waals surface area contributed by atoms with E-state index in [4.69, 9.17) is 4.74 Å². The quantitative estimate of drug-likeness (QED) is 0.870. The standard InChI is InChI=1S/C17H29N3O3/c1-12(2)9-15(11-21)19(4)17(22)16-10-18-20(13(16)3)14-5-7-23-8-6-14/h10,12,14-15,21H,5-9,11H2,1-4H3. The van der Waals surface area contributed by atoms with Crippen molar-refractivity contribution in [3.05, 3.63) is 17.5 Å². The van der Waals surface area contributed by atoms with E-state index in [0.717, 1.165) is 38.2 Å². The number of rotatable bonds is 6. The van der Waals surface area contributed by atoms with Gasteiger partial charge in [-0.25, -0.2) is 0 Å². The van der Waals surface area contributed by atoms with Gasteiger partial charge in [-0.3, -0.25) is 9.48 Å². The summed E-state index contributed by atoms with van der Waals surface area (Å²) in [6.45, 7) is 7.60. The van der Waals surface area contributed by atoms with Crippen LogP contribution in [0.4, 0.5) is 0 Å². The molecule has 1 unspecified atom stereocenters. The minimum Gasteiger partial charge on any atom is -0.394 e. The Labute approximate surface area is 138 Å². The van der Waals surface area contributed by atoms with Gasteiger partial charge >= 0.3 is 0 Å². The van der Waals surface area contributed by atoms with E-state index in [2.05, 4.69) is 18.9 Å². The van der Waals surface area contributed by atoms with Gasteiger partial charge in [-0.2, -0.15) is 5.10 Å². The van der Waals surface area contributed by atoms with Crippen molar-refractivity contribution in [1.29, 1.82) is 0 Å². The SMILES string of the molecule is Cc1c(C(=O)N(C)C(CO)CC(C)C)cnn1C1CCOCC1. The first kappa shape index (κ1) is 17.9. The summed E-state index contributed by atoms with van der Waals surface area (Å²) in [6.07, 6.45) is 4.30. The molecule has 23 heavy (non-hydrogen) atoms. The Bertz CT molecular complexity index is 521. The summed E-state index contributed by atoms with van der Waals surface area (Å²) in [6, 6.07) is 0.147. The molecule has 2 rings (SSSR count). The third-order valence-electron chi connectivity index (χ3n) is 4.63. The van der Waals surface area contributed by atoms with E-state index in [-0.39, 0.29) is 18.6 Å². The molecule has 0 spiro atoms. The van der Waals surface area contributed by atoms with E-state index in [1.807, 2.05) is 11.6 Å². The number of aliphatic hydroxyl groups excluding tert-OH is 1. The third kappa shape index (κ3) is 4.12. The number of carbonyl (C=O) groups is 1. The van der Waals surface area contributed by atoms with Crippen molar-refractivity contribution in [2.24, 2.45) is 5.92 Å². The molecule has 2 heterocycles. The number of aliphatic hydroxyl groups is 1. The van der Waals surface area contributed by atoms with Crippen molar-refractivity contribution in [2.75, 3.05) is 26.9 Å². The predicted octanol–water partition coefficient (Wildman–Crippen LogP) is 2.02. The Kier molecular flexibility index (Phi) is 6.18. The van der Waals surface area contributed by atoms with Crippen LogP contribution in [0.2, 0.25) is 0 Å². The zero-order chi connectivity index (χ0) is 17.0. The van der Waals surface area contributed by atoms with Gasteiger partial charge in [-0.15, -0.1) is 0 Å². The van der Waals surface area contributed by atoms with Crippen LogP contribution in [0.5, 0.6) is 0 Å². The average Bonchev–Trinajstić information content (AvgIpc) is 2.93. The molecule has 1 atom stereocenters. The fourth-order valence-electron chi connectivity index (χ4n) is 3.19. The summed E-state index contributed by atoms with van der Waals surface area (Å²) in [7, 11) is 1.76. The molecular weight excluding hydrogens is 294 g/mol. The van der Waals surface area contributed by atoms with Crippen LogP contribution in [0.3, 0.4) is 0 Å². The van der Waals surface area contributed by atoms with Crippen LogP contribution >= 0.6 is 0 Å². The van der Waals surface area contributed by atoms with E-state index in [1.54, 1.807) is 18.1 Å². The van der Waals surface area contributed by atoms with Crippen molar-refractivity contribution < 1.29 is 14.6 Å². The van der Waals surface area contributed by atoms with Crippen molar-refractivity contribution in [2.45, 2.75) is 52.1 Å². The first-order valence-electron chi connectivity index (χ1n) is 8.45. The maximum absolute atomic E-state index is 12.8. The monoisotopic (exact) mass is 323 g/mol. The molecule has 1 fully saturated rings. The first-order valence-corrected chi connectivity index (χ1v) is 8.45. The van der Waals surface area contributed by atoms with E-state index in [1.165, 1.54) is 0 Å². The van der Waals surface area contributed by atoms with E-state index in [0.29, 0.717) is 17.5 Å². The maximum atomic E-state index is 12.8. The van der Waals surface area contributed by atoms with Crippen LogP contribution in [0, 0.1) is 12.8 Å². The number of nitrogens with zero attached hydrogens (tertiary/aromatic N) is 3. The fourth-order valence-corrected chi connectivity index (χ4v) is 3.19. The molecule has 130 valence electrons. The van der Waals surface area contributed by atoms with Crippen LogP contribution in [0.1, 0.15) is 55.2 Å². The molecule has 1 amide bonds. The fraction of sp³-hybridized carbons (Fsp3) is 0.765. The van der Waals surface area contributed by atoms with Gasteiger partial charge in [0.25, 0.3) is 5.91 Å². The number of hydrogen-bond donors (Lipinski definition) is 1. The van der Waals surface area contributed by atoms with Gasteiger partial charge in [-0.05, 0) is 32.1 Å². The van der Waals surface area contributed by atoms with Gasteiger partial charge < -0.3 is 14.7 Å². The number of aromatic nitrogens is 2. The molecule has 1 aromatic heterocycles. The summed E-state index contributed by atoms with van der Waals surface area (Å²) in [5, 5.41) is 14.0. The lowest BCUT2D eigenvalue weighted by atomic mass is 10.0. The molecule has 0 saturated carbocycles. The number of amides is 1. The molecule has 0 bridgehead atoms. The lowest BCUT2D eigenvalue weighted by molar-refractivity contribution is 0.0624. The lowest BCUT2D eigenvalue weighted by Crippen LogP contribution is -2.40. The minimum absolute atomic E-state index is 0.0203. The molecule has 0 aliphatic carbocycles. The molecule has 1 saturated heterocycles. The van der Waals surface area contributed by atoms with E-state index in [9.17, 15) is 9.90 Å². The van der Waals surface area contributed by atoms with Crippen LogP contribution in [0.25, 0.3) is 0 Å². The Morgan fingerprint density at radius 1 is 1.48 bits per heavy atom. The third-order valence-corrected chi connectivity index (χ3v) is 4.63. The van der Waals surface area contributed by atoms with Gasteiger partial charge in [0.2, 0.25) is 0 Å². The van der Waals surface area contributed by atoms with E-state index < -0.39 is 0 Å². The average molecular weight is 323 g/mol. The Morgan fingerprint density at radius 2 is 2.13 bits per heavy atom. The molecule has 1 aliphatic rings. The molecule has 6 nitrogen and oxygen atoms in total. The lowest BCUT2D eigenvalue weighted by Gasteiger charge is -2.28. The highest BCUT2D eigenvalue weighted by Gasteiger charge is 2.26.